The first kappa shape index (κ1) is 9.64. The summed E-state index contributed by atoms with van der Waals surface area (Å²) in [6.07, 6.45) is 6.07. The molecule has 3 rings (SSSR count). The maximum Gasteiger partial charge on any atom is 0.226 e. The van der Waals surface area contributed by atoms with Gasteiger partial charge in [-0.15, -0.1) is 0 Å². The SMILES string of the molecule is NC1CCCN(C(=O)C2CC2C2CC2)C1. The summed E-state index contributed by atoms with van der Waals surface area (Å²) in [6.45, 7) is 1.74. The van der Waals surface area contributed by atoms with Crippen molar-refractivity contribution in [2.45, 2.75) is 38.1 Å². The number of carbonyl (C=O) groups is 1. The van der Waals surface area contributed by atoms with Crippen LogP contribution in [0.2, 0.25) is 0 Å². The highest BCUT2D eigenvalue weighted by Crippen LogP contribution is 2.54. The molecule has 1 saturated heterocycles. The van der Waals surface area contributed by atoms with Gasteiger partial charge in [0.1, 0.15) is 0 Å². The van der Waals surface area contributed by atoms with Gasteiger partial charge >= 0.3 is 0 Å². The van der Waals surface area contributed by atoms with Crippen LogP contribution in [0.4, 0.5) is 0 Å². The van der Waals surface area contributed by atoms with E-state index >= 15 is 0 Å². The molecule has 2 aliphatic carbocycles. The quantitative estimate of drug-likeness (QED) is 0.735. The monoisotopic (exact) mass is 208 g/mol. The zero-order chi connectivity index (χ0) is 10.4. The van der Waals surface area contributed by atoms with Crippen LogP contribution in [0.15, 0.2) is 0 Å². The van der Waals surface area contributed by atoms with Crippen LogP contribution in [0.3, 0.4) is 0 Å². The van der Waals surface area contributed by atoms with E-state index in [1.165, 1.54) is 12.8 Å². The molecular formula is C12H20N2O. The van der Waals surface area contributed by atoms with Gasteiger partial charge in [0.2, 0.25) is 5.91 Å². The number of likely N-dealkylation sites (tertiary alicyclic amines) is 1. The summed E-state index contributed by atoms with van der Waals surface area (Å²) in [7, 11) is 0. The Morgan fingerprint density at radius 2 is 2.07 bits per heavy atom. The highest BCUT2D eigenvalue weighted by Gasteiger charge is 2.52. The van der Waals surface area contributed by atoms with E-state index in [1.807, 2.05) is 4.90 Å². The van der Waals surface area contributed by atoms with Crippen molar-refractivity contribution in [3.05, 3.63) is 0 Å². The molecule has 1 heterocycles. The first-order valence-electron chi connectivity index (χ1n) is 6.30. The van der Waals surface area contributed by atoms with Gasteiger partial charge in [0.25, 0.3) is 0 Å². The van der Waals surface area contributed by atoms with E-state index in [0.29, 0.717) is 11.8 Å². The van der Waals surface area contributed by atoms with Gasteiger partial charge in [-0.1, -0.05) is 0 Å². The van der Waals surface area contributed by atoms with Crippen molar-refractivity contribution in [2.75, 3.05) is 13.1 Å². The van der Waals surface area contributed by atoms with Gasteiger partial charge in [0.15, 0.2) is 0 Å². The third-order valence-electron chi connectivity index (χ3n) is 4.15. The summed E-state index contributed by atoms with van der Waals surface area (Å²) < 4.78 is 0. The molecule has 0 radical (unpaired) electrons. The summed E-state index contributed by atoms with van der Waals surface area (Å²) in [5.41, 5.74) is 5.90. The van der Waals surface area contributed by atoms with Crippen molar-refractivity contribution in [2.24, 2.45) is 23.5 Å². The lowest BCUT2D eigenvalue weighted by Gasteiger charge is -2.31. The normalized spacial score (nSPS) is 40.3. The maximum absolute atomic E-state index is 12.1. The molecule has 3 fully saturated rings. The predicted octanol–water partition coefficient (Wildman–Crippen LogP) is 0.982. The van der Waals surface area contributed by atoms with Gasteiger partial charge in [-0.05, 0) is 43.9 Å². The van der Waals surface area contributed by atoms with Gasteiger partial charge in [-0.2, -0.15) is 0 Å². The molecule has 0 spiro atoms. The molecule has 1 aliphatic heterocycles. The number of nitrogens with zero attached hydrogens (tertiary/aromatic N) is 1. The molecule has 0 bridgehead atoms. The Hall–Kier alpha value is -0.570. The average molecular weight is 208 g/mol. The lowest BCUT2D eigenvalue weighted by Crippen LogP contribution is -2.46. The van der Waals surface area contributed by atoms with Gasteiger partial charge in [0, 0.05) is 25.0 Å². The average Bonchev–Trinajstić information content (AvgIpc) is 3.07. The molecule has 3 unspecified atom stereocenters. The number of amides is 1. The van der Waals surface area contributed by atoms with Crippen LogP contribution in [-0.4, -0.2) is 29.9 Å². The highest BCUT2D eigenvalue weighted by atomic mass is 16.2. The molecule has 15 heavy (non-hydrogen) atoms. The molecule has 0 aromatic carbocycles. The van der Waals surface area contributed by atoms with E-state index in [-0.39, 0.29) is 6.04 Å². The van der Waals surface area contributed by atoms with Crippen LogP contribution in [0, 0.1) is 17.8 Å². The molecule has 2 N–H and O–H groups in total. The molecule has 3 nitrogen and oxygen atoms in total. The Labute approximate surface area is 91.0 Å². The van der Waals surface area contributed by atoms with Crippen LogP contribution in [-0.2, 0) is 4.79 Å². The minimum atomic E-state index is 0.223. The van der Waals surface area contributed by atoms with Crippen LogP contribution >= 0.6 is 0 Å². The zero-order valence-electron chi connectivity index (χ0n) is 9.19. The van der Waals surface area contributed by atoms with E-state index in [0.717, 1.165) is 44.2 Å². The van der Waals surface area contributed by atoms with Crippen LogP contribution in [0.1, 0.15) is 32.1 Å². The van der Waals surface area contributed by atoms with Gasteiger partial charge in [-0.3, -0.25) is 4.79 Å². The first-order chi connectivity index (χ1) is 7.25. The van der Waals surface area contributed by atoms with Crippen molar-refractivity contribution in [1.29, 1.82) is 0 Å². The fourth-order valence-corrected chi connectivity index (χ4v) is 2.99. The predicted molar refractivity (Wildman–Crippen MR) is 58.1 cm³/mol. The Balaban J connectivity index is 1.55. The molecule has 2 saturated carbocycles. The molecule has 3 atom stereocenters. The van der Waals surface area contributed by atoms with Crippen LogP contribution in [0.25, 0.3) is 0 Å². The number of nitrogens with two attached hydrogens (primary N) is 1. The van der Waals surface area contributed by atoms with Crippen molar-refractivity contribution >= 4 is 5.91 Å². The number of piperidine rings is 1. The van der Waals surface area contributed by atoms with Gasteiger partial charge in [0.05, 0.1) is 0 Å². The number of rotatable bonds is 2. The summed E-state index contributed by atoms with van der Waals surface area (Å²) >= 11 is 0. The van der Waals surface area contributed by atoms with E-state index in [1.54, 1.807) is 0 Å². The topological polar surface area (TPSA) is 46.3 Å². The van der Waals surface area contributed by atoms with E-state index < -0.39 is 0 Å². The summed E-state index contributed by atoms with van der Waals surface area (Å²) in [4.78, 5) is 14.1. The second kappa shape index (κ2) is 3.48. The fourth-order valence-electron chi connectivity index (χ4n) is 2.99. The summed E-state index contributed by atoms with van der Waals surface area (Å²) in [5.74, 6) is 2.43. The zero-order valence-corrected chi connectivity index (χ0v) is 9.19. The smallest absolute Gasteiger partial charge is 0.226 e. The third-order valence-corrected chi connectivity index (χ3v) is 4.15. The summed E-state index contributed by atoms with van der Waals surface area (Å²) in [5, 5.41) is 0. The van der Waals surface area contributed by atoms with E-state index in [9.17, 15) is 4.79 Å². The van der Waals surface area contributed by atoms with Gasteiger partial charge in [-0.25, -0.2) is 0 Å². The molecule has 3 aliphatic rings. The fraction of sp³-hybridized carbons (Fsp3) is 0.917. The number of hydrogen-bond acceptors (Lipinski definition) is 2. The maximum atomic E-state index is 12.1. The van der Waals surface area contributed by atoms with Crippen molar-refractivity contribution in [1.82, 2.24) is 4.90 Å². The van der Waals surface area contributed by atoms with Crippen molar-refractivity contribution in [3.8, 4) is 0 Å². The number of carbonyl (C=O) groups excluding carboxylic acids is 1. The standard InChI is InChI=1S/C12H20N2O/c13-9-2-1-5-14(7-9)12(15)11-6-10(11)8-3-4-8/h8-11H,1-7,13H2. The Bertz CT molecular complexity index is 275. The first-order valence-corrected chi connectivity index (χ1v) is 6.30. The van der Waals surface area contributed by atoms with Crippen molar-refractivity contribution < 1.29 is 4.79 Å². The lowest BCUT2D eigenvalue weighted by molar-refractivity contribution is -0.134. The minimum absolute atomic E-state index is 0.223. The second-order valence-corrected chi connectivity index (χ2v) is 5.53. The highest BCUT2D eigenvalue weighted by molar-refractivity contribution is 5.82. The second-order valence-electron chi connectivity index (χ2n) is 5.53. The Morgan fingerprint density at radius 3 is 2.73 bits per heavy atom. The summed E-state index contributed by atoms with van der Waals surface area (Å²) in [6, 6.07) is 0.223. The molecule has 0 aromatic heterocycles. The molecular weight excluding hydrogens is 188 g/mol. The van der Waals surface area contributed by atoms with Crippen LogP contribution < -0.4 is 5.73 Å². The Kier molecular flexibility index (Phi) is 2.23. The van der Waals surface area contributed by atoms with Crippen LogP contribution in [0.5, 0.6) is 0 Å². The van der Waals surface area contributed by atoms with Crippen molar-refractivity contribution in [3.63, 3.8) is 0 Å². The molecule has 1 amide bonds. The number of hydrogen-bond donors (Lipinski definition) is 1. The molecule has 3 heteroatoms. The molecule has 0 aromatic rings. The molecule has 84 valence electrons. The van der Waals surface area contributed by atoms with Gasteiger partial charge < -0.3 is 10.6 Å². The third kappa shape index (κ3) is 1.89. The van der Waals surface area contributed by atoms with E-state index in [4.69, 9.17) is 5.73 Å². The van der Waals surface area contributed by atoms with E-state index in [2.05, 4.69) is 0 Å². The lowest BCUT2D eigenvalue weighted by atomic mass is 10.1. The largest absolute Gasteiger partial charge is 0.341 e. The minimum Gasteiger partial charge on any atom is -0.341 e. The Morgan fingerprint density at radius 1 is 1.27 bits per heavy atom.